The van der Waals surface area contributed by atoms with Gasteiger partial charge in [0.1, 0.15) is 5.69 Å². The minimum atomic E-state index is -4.48. The molecule has 1 aliphatic rings. The first kappa shape index (κ1) is 14.8. The molecule has 7 heteroatoms. The zero-order valence-electron chi connectivity index (χ0n) is 11.1. The van der Waals surface area contributed by atoms with E-state index >= 15 is 0 Å². The Hall–Kier alpha value is -1.63. The van der Waals surface area contributed by atoms with Gasteiger partial charge < -0.3 is 10.2 Å². The molecule has 1 N–H and O–H groups in total. The molecule has 1 fully saturated rings. The molecule has 0 spiro atoms. The van der Waals surface area contributed by atoms with Crippen LogP contribution >= 0.6 is 0 Å². The summed E-state index contributed by atoms with van der Waals surface area (Å²) in [5.74, 6) is -0.276. The fourth-order valence-corrected chi connectivity index (χ4v) is 2.33. The Bertz CT molecular complexity index is 467. The number of nitrogens with zero attached hydrogens (tertiary/aromatic N) is 2. The van der Waals surface area contributed by atoms with Crippen molar-refractivity contribution in [3.63, 3.8) is 0 Å². The van der Waals surface area contributed by atoms with Gasteiger partial charge in [-0.2, -0.15) is 13.2 Å². The first-order valence-corrected chi connectivity index (χ1v) is 6.48. The van der Waals surface area contributed by atoms with Crippen molar-refractivity contribution in [3.8, 4) is 0 Å². The van der Waals surface area contributed by atoms with Crippen molar-refractivity contribution in [2.75, 3.05) is 19.6 Å². The Morgan fingerprint density at radius 3 is 2.70 bits per heavy atom. The van der Waals surface area contributed by atoms with Crippen LogP contribution in [0.15, 0.2) is 18.3 Å². The van der Waals surface area contributed by atoms with Crippen LogP contribution in [0.25, 0.3) is 0 Å². The lowest BCUT2D eigenvalue weighted by atomic mass is 10.1. The number of likely N-dealkylation sites (N-methyl/N-ethyl adjacent to an activating group) is 1. The van der Waals surface area contributed by atoms with Crippen LogP contribution in [0.1, 0.15) is 29.4 Å². The van der Waals surface area contributed by atoms with Crippen molar-refractivity contribution in [1.82, 2.24) is 15.2 Å². The summed E-state index contributed by atoms with van der Waals surface area (Å²) in [6.07, 6.45) is -2.63. The predicted molar refractivity (Wildman–Crippen MR) is 67.2 cm³/mol. The fourth-order valence-electron chi connectivity index (χ4n) is 2.33. The Balaban J connectivity index is 2.15. The summed E-state index contributed by atoms with van der Waals surface area (Å²) in [5.41, 5.74) is -0.800. The van der Waals surface area contributed by atoms with Crippen molar-refractivity contribution >= 4 is 5.91 Å². The number of aromatic nitrogens is 1. The van der Waals surface area contributed by atoms with E-state index in [1.807, 2.05) is 6.92 Å². The highest BCUT2D eigenvalue weighted by Gasteiger charge is 2.33. The molecule has 0 bridgehead atoms. The van der Waals surface area contributed by atoms with E-state index in [1.54, 1.807) is 4.90 Å². The number of hydrogen-bond donors (Lipinski definition) is 1. The smallest absolute Gasteiger partial charge is 0.335 e. The molecule has 1 aromatic heterocycles. The van der Waals surface area contributed by atoms with Gasteiger partial charge in [-0.05, 0) is 32.0 Å². The zero-order valence-corrected chi connectivity index (χ0v) is 11.1. The van der Waals surface area contributed by atoms with Crippen molar-refractivity contribution < 1.29 is 18.0 Å². The van der Waals surface area contributed by atoms with E-state index in [9.17, 15) is 18.0 Å². The van der Waals surface area contributed by atoms with Gasteiger partial charge in [-0.3, -0.25) is 9.78 Å². The van der Waals surface area contributed by atoms with E-state index in [0.717, 1.165) is 25.2 Å². The number of carbonyl (C=O) groups is 1. The summed E-state index contributed by atoms with van der Waals surface area (Å²) in [7, 11) is 0. The van der Waals surface area contributed by atoms with Crippen LogP contribution in [0.5, 0.6) is 0 Å². The van der Waals surface area contributed by atoms with E-state index in [-0.39, 0.29) is 17.5 Å². The number of alkyl halides is 3. The van der Waals surface area contributed by atoms with Gasteiger partial charge in [0.05, 0.1) is 5.56 Å². The Labute approximate surface area is 115 Å². The molecular formula is C13H16F3N3O. The second kappa shape index (κ2) is 5.78. The van der Waals surface area contributed by atoms with Crippen LogP contribution in [0.4, 0.5) is 13.2 Å². The van der Waals surface area contributed by atoms with Gasteiger partial charge in [-0.1, -0.05) is 0 Å². The third-order valence-electron chi connectivity index (χ3n) is 3.38. The minimum absolute atomic E-state index is 0.0924. The molecule has 1 aromatic rings. The van der Waals surface area contributed by atoms with Gasteiger partial charge in [0.25, 0.3) is 5.91 Å². The number of amides is 1. The molecule has 110 valence electrons. The Kier molecular flexibility index (Phi) is 4.27. The second-order valence-electron chi connectivity index (χ2n) is 4.67. The van der Waals surface area contributed by atoms with Gasteiger partial charge in [0.15, 0.2) is 0 Å². The third-order valence-corrected chi connectivity index (χ3v) is 3.38. The summed E-state index contributed by atoms with van der Waals surface area (Å²) < 4.78 is 37.3. The van der Waals surface area contributed by atoms with E-state index in [1.165, 1.54) is 6.07 Å². The molecule has 0 aliphatic carbocycles. The van der Waals surface area contributed by atoms with E-state index in [0.29, 0.717) is 13.1 Å². The van der Waals surface area contributed by atoms with Crippen LogP contribution in [-0.2, 0) is 6.18 Å². The maximum atomic E-state index is 12.4. The number of halogens is 3. The lowest BCUT2D eigenvalue weighted by molar-refractivity contribution is -0.141. The number of hydrogen-bond acceptors (Lipinski definition) is 3. The van der Waals surface area contributed by atoms with Gasteiger partial charge in [-0.15, -0.1) is 0 Å². The topological polar surface area (TPSA) is 45.2 Å². The van der Waals surface area contributed by atoms with Gasteiger partial charge in [0.2, 0.25) is 0 Å². The van der Waals surface area contributed by atoms with E-state index < -0.39 is 11.9 Å². The molecule has 1 saturated heterocycles. The summed E-state index contributed by atoms with van der Waals surface area (Å²) in [4.78, 5) is 17.3. The number of nitrogens with one attached hydrogen (secondary N) is 1. The molecule has 0 saturated carbocycles. The first-order chi connectivity index (χ1) is 9.43. The highest BCUT2D eigenvalue weighted by Crippen LogP contribution is 2.27. The standard InChI is InChI=1S/C13H16F3N3O/c1-2-19(10-5-6-17-8-10)12(20)9-3-4-11(18-7-9)13(14,15)16/h3-4,7,10,17H,2,5-6,8H2,1H3. The van der Waals surface area contributed by atoms with Gasteiger partial charge in [0, 0.05) is 25.3 Å². The largest absolute Gasteiger partial charge is 0.433 e. The highest BCUT2D eigenvalue weighted by atomic mass is 19.4. The van der Waals surface area contributed by atoms with Crippen molar-refractivity contribution in [3.05, 3.63) is 29.6 Å². The van der Waals surface area contributed by atoms with Crippen molar-refractivity contribution in [1.29, 1.82) is 0 Å². The van der Waals surface area contributed by atoms with E-state index in [2.05, 4.69) is 10.3 Å². The van der Waals surface area contributed by atoms with E-state index in [4.69, 9.17) is 0 Å². The van der Waals surface area contributed by atoms with Crippen molar-refractivity contribution in [2.45, 2.75) is 25.6 Å². The maximum absolute atomic E-state index is 12.4. The maximum Gasteiger partial charge on any atom is 0.433 e. The van der Waals surface area contributed by atoms with Crippen LogP contribution in [0.2, 0.25) is 0 Å². The molecule has 1 amide bonds. The molecule has 2 rings (SSSR count). The quantitative estimate of drug-likeness (QED) is 0.924. The Morgan fingerprint density at radius 2 is 2.25 bits per heavy atom. The van der Waals surface area contributed by atoms with Gasteiger partial charge >= 0.3 is 6.18 Å². The van der Waals surface area contributed by atoms with Crippen molar-refractivity contribution in [2.24, 2.45) is 0 Å². The average molecular weight is 287 g/mol. The first-order valence-electron chi connectivity index (χ1n) is 6.48. The summed E-state index contributed by atoms with van der Waals surface area (Å²) >= 11 is 0. The summed E-state index contributed by atoms with van der Waals surface area (Å²) in [5, 5.41) is 3.16. The molecule has 1 atom stereocenters. The average Bonchev–Trinajstić information content (AvgIpc) is 2.92. The monoisotopic (exact) mass is 287 g/mol. The second-order valence-corrected chi connectivity index (χ2v) is 4.67. The highest BCUT2D eigenvalue weighted by molar-refractivity contribution is 5.94. The lowest BCUT2D eigenvalue weighted by Gasteiger charge is -2.27. The van der Waals surface area contributed by atoms with Gasteiger partial charge in [-0.25, -0.2) is 0 Å². The molecule has 4 nitrogen and oxygen atoms in total. The zero-order chi connectivity index (χ0) is 14.8. The molecule has 2 heterocycles. The summed E-state index contributed by atoms with van der Waals surface area (Å²) in [6.45, 7) is 3.94. The number of rotatable bonds is 3. The summed E-state index contributed by atoms with van der Waals surface area (Å²) in [6, 6.07) is 2.12. The molecule has 0 aromatic carbocycles. The molecular weight excluding hydrogens is 271 g/mol. The predicted octanol–water partition coefficient (Wildman–Crippen LogP) is 1.92. The fraction of sp³-hybridized carbons (Fsp3) is 0.538. The van der Waals surface area contributed by atoms with Crippen LogP contribution in [-0.4, -0.2) is 41.5 Å². The Morgan fingerprint density at radius 1 is 1.50 bits per heavy atom. The molecule has 20 heavy (non-hydrogen) atoms. The van der Waals surface area contributed by atoms with Crippen LogP contribution < -0.4 is 5.32 Å². The molecule has 1 unspecified atom stereocenters. The minimum Gasteiger partial charge on any atom is -0.335 e. The van der Waals surface area contributed by atoms with Crippen LogP contribution in [0, 0.1) is 0 Å². The molecule has 0 radical (unpaired) electrons. The lowest BCUT2D eigenvalue weighted by Crippen LogP contribution is -2.41. The third kappa shape index (κ3) is 3.09. The number of carbonyl (C=O) groups excluding carboxylic acids is 1. The van der Waals surface area contributed by atoms with Crippen LogP contribution in [0.3, 0.4) is 0 Å². The SMILES string of the molecule is CCN(C(=O)c1ccc(C(F)(F)F)nc1)C1CCNC1. The normalized spacial score (nSPS) is 19.1. The number of pyridine rings is 1. The molecule has 1 aliphatic heterocycles.